The molecule has 0 spiro atoms. The Kier molecular flexibility index (Phi) is 5.52. The van der Waals surface area contributed by atoms with Crippen molar-refractivity contribution in [3.05, 3.63) is 57.6 Å². The second-order valence-electron chi connectivity index (χ2n) is 4.55. The molecule has 0 heterocycles. The van der Waals surface area contributed by atoms with Crippen LogP contribution in [0.2, 0.25) is 10.0 Å². The van der Waals surface area contributed by atoms with Gasteiger partial charge in [0.15, 0.2) is 0 Å². The fourth-order valence-corrected chi connectivity index (χ4v) is 2.45. The number of halogens is 2. The van der Waals surface area contributed by atoms with Gasteiger partial charge in [0, 0.05) is 12.2 Å². The van der Waals surface area contributed by atoms with Crippen molar-refractivity contribution >= 4 is 34.9 Å². The van der Waals surface area contributed by atoms with Crippen LogP contribution in [-0.2, 0) is 6.54 Å². The lowest BCUT2D eigenvalue weighted by Gasteiger charge is -2.10. The highest BCUT2D eigenvalue weighted by Gasteiger charge is 2.09. The molecule has 0 atom stereocenters. The number of ether oxygens (including phenoxy) is 1. The lowest BCUT2D eigenvalue weighted by atomic mass is 10.2. The standard InChI is InChI=1S/C16H15Cl2NO3/c1-2-22-15-6-3-10(7-14(15)18)9-19-11-4-5-12(16(20)21)13(17)8-11/h3-8,19H,2,9H2,1H3,(H,20,21). The van der Waals surface area contributed by atoms with Gasteiger partial charge in [0.05, 0.1) is 22.2 Å². The van der Waals surface area contributed by atoms with Gasteiger partial charge >= 0.3 is 5.97 Å². The summed E-state index contributed by atoms with van der Waals surface area (Å²) in [6.07, 6.45) is 0. The third kappa shape index (κ3) is 4.06. The fraction of sp³-hybridized carbons (Fsp3) is 0.188. The molecule has 4 nitrogen and oxygen atoms in total. The van der Waals surface area contributed by atoms with Crippen molar-refractivity contribution in [2.45, 2.75) is 13.5 Å². The van der Waals surface area contributed by atoms with E-state index in [0.717, 1.165) is 11.3 Å². The van der Waals surface area contributed by atoms with E-state index in [1.54, 1.807) is 12.1 Å². The summed E-state index contributed by atoms with van der Waals surface area (Å²) in [6.45, 7) is 3.00. The van der Waals surface area contributed by atoms with E-state index < -0.39 is 5.97 Å². The zero-order chi connectivity index (χ0) is 16.1. The Balaban J connectivity index is 2.05. The average Bonchev–Trinajstić information content (AvgIpc) is 2.47. The molecule has 0 aromatic heterocycles. The molecule has 0 amide bonds. The molecular formula is C16H15Cl2NO3. The lowest BCUT2D eigenvalue weighted by Crippen LogP contribution is -2.02. The normalized spacial score (nSPS) is 10.3. The van der Waals surface area contributed by atoms with Gasteiger partial charge in [-0.15, -0.1) is 0 Å². The van der Waals surface area contributed by atoms with Crippen LogP contribution < -0.4 is 10.1 Å². The van der Waals surface area contributed by atoms with Crippen molar-refractivity contribution in [2.75, 3.05) is 11.9 Å². The Morgan fingerprint density at radius 3 is 2.55 bits per heavy atom. The molecule has 0 unspecified atom stereocenters. The van der Waals surface area contributed by atoms with Gasteiger partial charge in [-0.1, -0.05) is 29.3 Å². The van der Waals surface area contributed by atoms with Crippen LogP contribution in [-0.4, -0.2) is 17.7 Å². The number of hydrogen-bond donors (Lipinski definition) is 2. The molecule has 2 rings (SSSR count). The first-order valence-electron chi connectivity index (χ1n) is 6.69. The van der Waals surface area contributed by atoms with E-state index in [-0.39, 0.29) is 10.6 Å². The second-order valence-corrected chi connectivity index (χ2v) is 5.37. The SMILES string of the molecule is CCOc1ccc(CNc2ccc(C(=O)O)c(Cl)c2)cc1Cl. The van der Waals surface area contributed by atoms with Crippen LogP contribution in [0.5, 0.6) is 5.75 Å². The Labute approximate surface area is 138 Å². The number of rotatable bonds is 6. The summed E-state index contributed by atoms with van der Waals surface area (Å²) >= 11 is 12.1. The van der Waals surface area contributed by atoms with Gasteiger partial charge in [0.2, 0.25) is 0 Å². The molecular weight excluding hydrogens is 325 g/mol. The highest BCUT2D eigenvalue weighted by atomic mass is 35.5. The minimum atomic E-state index is -1.05. The Morgan fingerprint density at radius 2 is 1.95 bits per heavy atom. The minimum absolute atomic E-state index is 0.0799. The first kappa shape index (κ1) is 16.5. The molecule has 0 aliphatic heterocycles. The van der Waals surface area contributed by atoms with E-state index in [1.807, 2.05) is 25.1 Å². The maximum atomic E-state index is 10.9. The molecule has 6 heteroatoms. The molecule has 0 radical (unpaired) electrons. The van der Waals surface area contributed by atoms with Crippen molar-refractivity contribution in [1.82, 2.24) is 0 Å². The molecule has 0 fully saturated rings. The predicted molar refractivity (Wildman–Crippen MR) is 88.4 cm³/mol. The average molecular weight is 340 g/mol. The Bertz CT molecular complexity index is 689. The number of carbonyl (C=O) groups is 1. The number of aromatic carboxylic acids is 1. The summed E-state index contributed by atoms with van der Waals surface area (Å²) in [5.41, 5.74) is 1.79. The molecule has 2 aromatic carbocycles. The van der Waals surface area contributed by atoms with E-state index in [9.17, 15) is 4.79 Å². The van der Waals surface area contributed by atoms with E-state index >= 15 is 0 Å². The summed E-state index contributed by atoms with van der Waals surface area (Å²) in [5, 5.41) is 12.9. The minimum Gasteiger partial charge on any atom is -0.492 e. The summed E-state index contributed by atoms with van der Waals surface area (Å²) in [4.78, 5) is 10.9. The van der Waals surface area contributed by atoms with Gasteiger partial charge in [-0.05, 0) is 42.8 Å². The highest BCUT2D eigenvalue weighted by molar-refractivity contribution is 6.33. The number of carboxylic acid groups (broad SMARTS) is 1. The second kappa shape index (κ2) is 7.38. The first-order chi connectivity index (χ1) is 10.5. The van der Waals surface area contributed by atoms with Crippen LogP contribution in [0.15, 0.2) is 36.4 Å². The van der Waals surface area contributed by atoms with E-state index in [0.29, 0.717) is 23.9 Å². The lowest BCUT2D eigenvalue weighted by molar-refractivity contribution is 0.0697. The van der Waals surface area contributed by atoms with Crippen LogP contribution in [0.4, 0.5) is 5.69 Å². The number of carboxylic acids is 1. The Morgan fingerprint density at radius 1 is 1.18 bits per heavy atom. The van der Waals surface area contributed by atoms with Crippen molar-refractivity contribution in [1.29, 1.82) is 0 Å². The van der Waals surface area contributed by atoms with Crippen molar-refractivity contribution in [3.8, 4) is 5.75 Å². The summed E-state index contributed by atoms with van der Waals surface area (Å²) in [7, 11) is 0. The van der Waals surface area contributed by atoms with Gasteiger partial charge in [-0.3, -0.25) is 0 Å². The van der Waals surface area contributed by atoms with Crippen LogP contribution in [0.1, 0.15) is 22.8 Å². The third-order valence-electron chi connectivity index (χ3n) is 2.99. The number of benzene rings is 2. The zero-order valence-electron chi connectivity index (χ0n) is 11.9. The van der Waals surface area contributed by atoms with Gasteiger partial charge in [-0.25, -0.2) is 4.79 Å². The van der Waals surface area contributed by atoms with Gasteiger partial charge in [0.25, 0.3) is 0 Å². The molecule has 0 aliphatic rings. The maximum absolute atomic E-state index is 10.9. The van der Waals surface area contributed by atoms with Crippen LogP contribution in [0.25, 0.3) is 0 Å². The van der Waals surface area contributed by atoms with E-state index in [2.05, 4.69) is 5.32 Å². The monoisotopic (exact) mass is 339 g/mol. The predicted octanol–water partition coefficient (Wildman–Crippen LogP) is 4.70. The summed E-state index contributed by atoms with van der Waals surface area (Å²) in [5.74, 6) is -0.392. The smallest absolute Gasteiger partial charge is 0.337 e. The van der Waals surface area contributed by atoms with E-state index in [1.165, 1.54) is 6.07 Å². The Hall–Kier alpha value is -1.91. The van der Waals surface area contributed by atoms with Gasteiger partial charge < -0.3 is 15.2 Å². The third-order valence-corrected chi connectivity index (χ3v) is 3.60. The topological polar surface area (TPSA) is 58.6 Å². The zero-order valence-corrected chi connectivity index (χ0v) is 13.4. The number of nitrogens with one attached hydrogen (secondary N) is 1. The molecule has 116 valence electrons. The number of anilines is 1. The molecule has 22 heavy (non-hydrogen) atoms. The summed E-state index contributed by atoms with van der Waals surface area (Å²) < 4.78 is 5.38. The first-order valence-corrected chi connectivity index (χ1v) is 7.44. The quantitative estimate of drug-likeness (QED) is 0.800. The molecule has 0 aliphatic carbocycles. The maximum Gasteiger partial charge on any atom is 0.337 e. The highest BCUT2D eigenvalue weighted by Crippen LogP contribution is 2.26. The van der Waals surface area contributed by atoms with Crippen LogP contribution in [0.3, 0.4) is 0 Å². The summed E-state index contributed by atoms with van der Waals surface area (Å²) in [6, 6.07) is 10.3. The molecule has 0 saturated heterocycles. The van der Waals surface area contributed by atoms with Gasteiger partial charge in [0.1, 0.15) is 5.75 Å². The van der Waals surface area contributed by atoms with E-state index in [4.69, 9.17) is 33.0 Å². The van der Waals surface area contributed by atoms with Gasteiger partial charge in [-0.2, -0.15) is 0 Å². The van der Waals surface area contributed by atoms with Crippen molar-refractivity contribution < 1.29 is 14.6 Å². The number of hydrogen-bond acceptors (Lipinski definition) is 3. The molecule has 2 aromatic rings. The van der Waals surface area contributed by atoms with Crippen molar-refractivity contribution in [3.63, 3.8) is 0 Å². The molecule has 0 bridgehead atoms. The largest absolute Gasteiger partial charge is 0.492 e. The molecule has 2 N–H and O–H groups in total. The van der Waals surface area contributed by atoms with Crippen LogP contribution >= 0.6 is 23.2 Å². The van der Waals surface area contributed by atoms with Crippen LogP contribution in [0, 0.1) is 0 Å². The molecule has 0 saturated carbocycles. The van der Waals surface area contributed by atoms with Crippen molar-refractivity contribution in [2.24, 2.45) is 0 Å². The fourth-order valence-electron chi connectivity index (χ4n) is 1.93.